The number of amides is 1. The van der Waals surface area contributed by atoms with Gasteiger partial charge in [0.25, 0.3) is 5.56 Å². The molecular formula is C25H25BN2O6S. The summed E-state index contributed by atoms with van der Waals surface area (Å²) in [5.74, 6) is 0.923. The fourth-order valence-electron chi connectivity index (χ4n) is 3.90. The van der Waals surface area contributed by atoms with Crippen molar-refractivity contribution in [2.24, 2.45) is 0 Å². The largest absolute Gasteiger partial charge is 0.490 e. The number of aromatic nitrogens is 1. The molecule has 180 valence electrons. The third-order valence-electron chi connectivity index (χ3n) is 5.83. The summed E-state index contributed by atoms with van der Waals surface area (Å²) < 4.78 is 36.2. The third kappa shape index (κ3) is 5.94. The predicted molar refractivity (Wildman–Crippen MR) is 133 cm³/mol. The van der Waals surface area contributed by atoms with Gasteiger partial charge in [0.05, 0.1) is 4.90 Å². The molecule has 0 atom stereocenters. The minimum absolute atomic E-state index is 0.137. The van der Waals surface area contributed by atoms with Crippen molar-refractivity contribution in [3.8, 4) is 17.2 Å². The average molecular weight is 492 g/mol. The molecule has 1 aromatic heterocycles. The van der Waals surface area contributed by atoms with Crippen LogP contribution in [-0.4, -0.2) is 57.3 Å². The minimum Gasteiger partial charge on any atom is -0.490 e. The Morgan fingerprint density at radius 2 is 1.71 bits per heavy atom. The van der Waals surface area contributed by atoms with Crippen molar-refractivity contribution in [2.75, 3.05) is 19.3 Å². The Morgan fingerprint density at radius 1 is 1.03 bits per heavy atom. The third-order valence-corrected chi connectivity index (χ3v) is 6.96. The molecule has 0 bridgehead atoms. The average Bonchev–Trinajstić information content (AvgIpc) is 2.81. The second-order valence-corrected chi connectivity index (χ2v) is 10.5. The summed E-state index contributed by atoms with van der Waals surface area (Å²) in [7, 11) is 2.43. The highest BCUT2D eigenvalue weighted by Gasteiger charge is 2.25. The monoisotopic (exact) mass is 492 g/mol. The summed E-state index contributed by atoms with van der Waals surface area (Å²) in [5.41, 5.74) is 1.65. The molecule has 2 heterocycles. The Balaban J connectivity index is 1.34. The van der Waals surface area contributed by atoms with Crippen molar-refractivity contribution < 1.29 is 22.7 Å². The van der Waals surface area contributed by atoms with E-state index in [-0.39, 0.29) is 16.6 Å². The Morgan fingerprint density at radius 3 is 2.31 bits per heavy atom. The quantitative estimate of drug-likeness (QED) is 0.508. The SMILES string of the molecule is [B]c1ccc(OC(=O)N2CCC(Oc3ccn(-c4ccc(S(C)(=O)=O)cc4)c(=O)c3)CC2)c(C)c1. The molecule has 1 saturated heterocycles. The van der Waals surface area contributed by atoms with E-state index in [2.05, 4.69) is 0 Å². The Labute approximate surface area is 205 Å². The summed E-state index contributed by atoms with van der Waals surface area (Å²) in [4.78, 5) is 27.0. The van der Waals surface area contributed by atoms with Crippen LogP contribution in [-0.2, 0) is 9.84 Å². The number of rotatable bonds is 5. The molecule has 4 rings (SSSR count). The first kappa shape index (κ1) is 24.6. The van der Waals surface area contributed by atoms with Crippen LogP contribution in [0.4, 0.5) is 4.79 Å². The fourth-order valence-corrected chi connectivity index (χ4v) is 4.53. The van der Waals surface area contributed by atoms with Gasteiger partial charge in [-0.2, -0.15) is 0 Å². The first-order valence-corrected chi connectivity index (χ1v) is 13.0. The molecule has 3 aromatic rings. The van der Waals surface area contributed by atoms with Crippen molar-refractivity contribution >= 4 is 29.2 Å². The molecule has 0 aliphatic carbocycles. The molecule has 35 heavy (non-hydrogen) atoms. The van der Waals surface area contributed by atoms with E-state index >= 15 is 0 Å². The number of pyridine rings is 1. The lowest BCUT2D eigenvalue weighted by Crippen LogP contribution is -2.43. The van der Waals surface area contributed by atoms with Gasteiger partial charge in [-0.3, -0.25) is 9.36 Å². The van der Waals surface area contributed by atoms with E-state index in [1.165, 1.54) is 22.8 Å². The molecule has 2 radical (unpaired) electrons. The van der Waals surface area contributed by atoms with Gasteiger partial charge in [-0.1, -0.05) is 17.6 Å². The Bertz CT molecular complexity index is 1390. The van der Waals surface area contributed by atoms with Crippen LogP contribution >= 0.6 is 0 Å². The van der Waals surface area contributed by atoms with Gasteiger partial charge < -0.3 is 14.4 Å². The number of ether oxygens (including phenoxy) is 2. The molecule has 1 amide bonds. The number of sulfone groups is 1. The van der Waals surface area contributed by atoms with Crippen LogP contribution in [0.15, 0.2) is 70.5 Å². The van der Waals surface area contributed by atoms with Gasteiger partial charge in [-0.15, -0.1) is 0 Å². The number of hydrogen-bond donors (Lipinski definition) is 0. The van der Waals surface area contributed by atoms with E-state index in [4.69, 9.17) is 17.3 Å². The first-order chi connectivity index (χ1) is 16.6. The van der Waals surface area contributed by atoms with Crippen molar-refractivity contribution in [2.45, 2.75) is 30.8 Å². The summed E-state index contributed by atoms with van der Waals surface area (Å²) in [6, 6.07) is 14.3. The first-order valence-electron chi connectivity index (χ1n) is 11.1. The van der Waals surface area contributed by atoms with Gasteiger partial charge >= 0.3 is 6.09 Å². The summed E-state index contributed by atoms with van der Waals surface area (Å²) in [6.07, 6.45) is 3.38. The number of piperidine rings is 1. The molecule has 0 N–H and O–H groups in total. The maximum Gasteiger partial charge on any atom is 0.415 e. The van der Waals surface area contributed by atoms with E-state index in [9.17, 15) is 18.0 Å². The normalized spacial score (nSPS) is 14.5. The molecule has 2 aromatic carbocycles. The number of carbonyl (C=O) groups excluding carboxylic acids is 1. The van der Waals surface area contributed by atoms with Crippen molar-refractivity contribution in [3.05, 3.63) is 76.7 Å². The van der Waals surface area contributed by atoms with Crippen molar-refractivity contribution in [3.63, 3.8) is 0 Å². The van der Waals surface area contributed by atoms with Crippen LogP contribution in [0.3, 0.4) is 0 Å². The fraction of sp³-hybridized carbons (Fsp3) is 0.280. The molecule has 1 fully saturated rings. The van der Waals surface area contributed by atoms with Crippen LogP contribution < -0.4 is 20.5 Å². The van der Waals surface area contributed by atoms with Gasteiger partial charge in [0.2, 0.25) is 0 Å². The molecule has 0 spiro atoms. The van der Waals surface area contributed by atoms with Gasteiger partial charge in [0, 0.05) is 50.1 Å². The highest BCUT2D eigenvalue weighted by Crippen LogP contribution is 2.21. The van der Waals surface area contributed by atoms with Crippen LogP contribution in [0.5, 0.6) is 11.5 Å². The van der Waals surface area contributed by atoms with Crippen LogP contribution in [0.1, 0.15) is 18.4 Å². The van der Waals surface area contributed by atoms with E-state index < -0.39 is 15.9 Å². The Hall–Kier alpha value is -3.53. The van der Waals surface area contributed by atoms with Crippen molar-refractivity contribution in [1.82, 2.24) is 9.47 Å². The highest BCUT2D eigenvalue weighted by molar-refractivity contribution is 7.90. The van der Waals surface area contributed by atoms with E-state index in [0.29, 0.717) is 48.6 Å². The number of benzene rings is 2. The Kier molecular flexibility index (Phi) is 7.02. The smallest absolute Gasteiger partial charge is 0.415 e. The molecule has 1 aliphatic heterocycles. The minimum atomic E-state index is -3.31. The summed E-state index contributed by atoms with van der Waals surface area (Å²) in [5, 5.41) is 0. The molecule has 0 unspecified atom stereocenters. The van der Waals surface area contributed by atoms with Crippen LogP contribution in [0, 0.1) is 6.92 Å². The lowest BCUT2D eigenvalue weighted by Gasteiger charge is -2.31. The molecule has 1 aliphatic rings. The maximum absolute atomic E-state index is 12.6. The topological polar surface area (TPSA) is 94.9 Å². The van der Waals surface area contributed by atoms with Crippen LogP contribution in [0.2, 0.25) is 0 Å². The molecule has 0 saturated carbocycles. The molecule has 10 heteroatoms. The maximum atomic E-state index is 12.6. The second kappa shape index (κ2) is 9.99. The van der Waals surface area contributed by atoms with Crippen molar-refractivity contribution in [1.29, 1.82) is 0 Å². The molecule has 8 nitrogen and oxygen atoms in total. The van der Waals surface area contributed by atoms with E-state index in [1.807, 2.05) is 6.92 Å². The predicted octanol–water partition coefficient (Wildman–Crippen LogP) is 2.39. The number of aryl methyl sites for hydroxylation is 1. The van der Waals surface area contributed by atoms with Gasteiger partial charge in [-0.25, -0.2) is 13.2 Å². The second-order valence-electron chi connectivity index (χ2n) is 8.53. The van der Waals surface area contributed by atoms with Gasteiger partial charge in [0.1, 0.15) is 25.4 Å². The van der Waals surface area contributed by atoms with E-state index in [0.717, 1.165) is 11.8 Å². The molecular weight excluding hydrogens is 467 g/mol. The standard InChI is InChI=1S/C25H25BN2O6S/c1-17-15-18(26)3-8-23(17)34-25(30)27-12-9-20(10-13-27)33-21-11-14-28(24(29)16-21)19-4-6-22(7-5-19)35(2,31)32/h3-8,11,14-16,20H,9-10,12-13H2,1-2H3. The summed E-state index contributed by atoms with van der Waals surface area (Å²) in [6.45, 7) is 2.78. The zero-order valence-electron chi connectivity index (χ0n) is 19.5. The number of likely N-dealkylation sites (tertiary alicyclic amines) is 1. The number of hydrogen-bond acceptors (Lipinski definition) is 6. The zero-order valence-corrected chi connectivity index (χ0v) is 20.3. The lowest BCUT2D eigenvalue weighted by atomic mass is 9.94. The van der Waals surface area contributed by atoms with Crippen LogP contribution in [0.25, 0.3) is 5.69 Å². The zero-order chi connectivity index (χ0) is 25.2. The lowest BCUT2D eigenvalue weighted by molar-refractivity contribution is 0.0928. The number of carbonyl (C=O) groups is 1. The van der Waals surface area contributed by atoms with Gasteiger partial charge in [0.15, 0.2) is 9.84 Å². The van der Waals surface area contributed by atoms with Gasteiger partial charge in [-0.05, 0) is 48.9 Å². The summed E-state index contributed by atoms with van der Waals surface area (Å²) >= 11 is 0. The highest BCUT2D eigenvalue weighted by atomic mass is 32.2. The van der Waals surface area contributed by atoms with E-state index in [1.54, 1.807) is 47.5 Å². The number of nitrogens with zero attached hydrogens (tertiary/aromatic N) is 2.